The Labute approximate surface area is 277 Å². The highest BCUT2D eigenvalue weighted by Crippen LogP contribution is 2.36. The van der Waals surface area contributed by atoms with Gasteiger partial charge in [-0.2, -0.15) is 0 Å². The molecule has 230 valence electrons. The minimum Gasteiger partial charge on any atom is -0.352 e. The van der Waals surface area contributed by atoms with Crippen molar-refractivity contribution < 1.29 is 18.0 Å². The molecule has 0 heterocycles. The van der Waals surface area contributed by atoms with E-state index < -0.39 is 28.5 Å². The Morgan fingerprint density at radius 3 is 2.09 bits per heavy atom. The van der Waals surface area contributed by atoms with Crippen LogP contribution in [0.3, 0.4) is 0 Å². The van der Waals surface area contributed by atoms with E-state index in [-0.39, 0.29) is 50.7 Å². The van der Waals surface area contributed by atoms with Crippen LogP contribution in [0.4, 0.5) is 5.69 Å². The maximum atomic E-state index is 14.2. The monoisotopic (exact) mass is 703 g/mol. The molecule has 0 aromatic heterocycles. The molecule has 1 aliphatic carbocycles. The Hall–Kier alpha value is -2.20. The van der Waals surface area contributed by atoms with Gasteiger partial charge >= 0.3 is 0 Å². The second-order valence-electron chi connectivity index (χ2n) is 10.5. The molecule has 1 aliphatic rings. The summed E-state index contributed by atoms with van der Waals surface area (Å²) in [5.41, 5.74) is 1.41. The van der Waals surface area contributed by atoms with Crippen molar-refractivity contribution in [2.24, 2.45) is 0 Å². The summed E-state index contributed by atoms with van der Waals surface area (Å²) in [5, 5.41) is 3.91. The first-order valence-corrected chi connectivity index (χ1v) is 17.3. The maximum Gasteiger partial charge on any atom is 0.244 e. The van der Waals surface area contributed by atoms with Gasteiger partial charge in [-0.25, -0.2) is 8.42 Å². The zero-order chi connectivity index (χ0) is 31.3. The van der Waals surface area contributed by atoms with Gasteiger partial charge in [0, 0.05) is 19.0 Å². The Morgan fingerprint density at radius 1 is 0.837 bits per heavy atom. The van der Waals surface area contributed by atoms with Crippen molar-refractivity contribution in [1.82, 2.24) is 10.2 Å². The quantitative estimate of drug-likeness (QED) is 0.211. The van der Waals surface area contributed by atoms with Crippen LogP contribution in [-0.4, -0.2) is 50.0 Å². The average Bonchev–Trinajstić information content (AvgIpc) is 3.46. The highest BCUT2D eigenvalue weighted by molar-refractivity contribution is 7.92. The number of nitrogens with one attached hydrogen (secondary N) is 1. The predicted molar refractivity (Wildman–Crippen MR) is 175 cm³/mol. The number of anilines is 1. The summed E-state index contributed by atoms with van der Waals surface area (Å²) in [4.78, 5) is 29.5. The second kappa shape index (κ2) is 14.7. The van der Waals surface area contributed by atoms with E-state index >= 15 is 0 Å². The van der Waals surface area contributed by atoms with Crippen molar-refractivity contribution in [3.63, 3.8) is 0 Å². The molecule has 7 nitrogen and oxygen atoms in total. The number of benzene rings is 3. The van der Waals surface area contributed by atoms with E-state index in [1.54, 1.807) is 18.2 Å². The van der Waals surface area contributed by atoms with Crippen molar-refractivity contribution >= 4 is 85.5 Å². The molecule has 2 amide bonds. The number of hydrogen-bond donors (Lipinski definition) is 1. The van der Waals surface area contributed by atoms with Gasteiger partial charge in [0.2, 0.25) is 21.8 Å². The molecule has 3 aromatic carbocycles. The molecule has 0 saturated heterocycles. The molecule has 0 spiro atoms. The second-order valence-corrected chi connectivity index (χ2v) is 14.4. The third-order valence-electron chi connectivity index (χ3n) is 7.25. The zero-order valence-corrected chi connectivity index (χ0v) is 27.8. The maximum absolute atomic E-state index is 14.2. The summed E-state index contributed by atoms with van der Waals surface area (Å²) in [5.74, 6) is -0.969. The molecule has 0 bridgehead atoms. The van der Waals surface area contributed by atoms with E-state index in [9.17, 15) is 18.0 Å². The van der Waals surface area contributed by atoms with Crippen LogP contribution < -0.4 is 9.62 Å². The fourth-order valence-corrected chi connectivity index (χ4v) is 6.92. The Kier molecular flexibility index (Phi) is 11.5. The summed E-state index contributed by atoms with van der Waals surface area (Å²) in [6.07, 6.45) is 4.86. The molecular formula is C30H30Cl5N3O4S. The van der Waals surface area contributed by atoms with Gasteiger partial charge in [-0.3, -0.25) is 13.9 Å². The Balaban J connectivity index is 1.77. The van der Waals surface area contributed by atoms with E-state index in [0.717, 1.165) is 41.8 Å². The van der Waals surface area contributed by atoms with E-state index in [2.05, 4.69) is 5.32 Å². The van der Waals surface area contributed by atoms with Gasteiger partial charge in [0.25, 0.3) is 0 Å². The number of hydrogen-bond acceptors (Lipinski definition) is 4. The van der Waals surface area contributed by atoms with Gasteiger partial charge in [0.15, 0.2) is 0 Å². The third-order valence-corrected chi connectivity index (χ3v) is 10.1. The molecule has 43 heavy (non-hydrogen) atoms. The van der Waals surface area contributed by atoms with Crippen LogP contribution >= 0.6 is 58.0 Å². The molecule has 3 aromatic rings. The van der Waals surface area contributed by atoms with Crippen LogP contribution in [0.25, 0.3) is 0 Å². The van der Waals surface area contributed by atoms with E-state index in [1.165, 1.54) is 17.0 Å². The van der Waals surface area contributed by atoms with Crippen LogP contribution in [0.5, 0.6) is 0 Å². The predicted octanol–water partition coefficient (Wildman–Crippen LogP) is 7.42. The lowest BCUT2D eigenvalue weighted by atomic mass is 10.0. The van der Waals surface area contributed by atoms with Gasteiger partial charge in [-0.15, -0.1) is 0 Å². The topological polar surface area (TPSA) is 86.8 Å². The summed E-state index contributed by atoms with van der Waals surface area (Å²) in [6.45, 7) is -0.697. The molecule has 1 fully saturated rings. The first-order chi connectivity index (χ1) is 20.3. The van der Waals surface area contributed by atoms with Crippen molar-refractivity contribution in [2.75, 3.05) is 17.1 Å². The molecule has 1 unspecified atom stereocenters. The van der Waals surface area contributed by atoms with Crippen LogP contribution in [0.15, 0.2) is 60.7 Å². The summed E-state index contributed by atoms with van der Waals surface area (Å²) < 4.78 is 26.9. The van der Waals surface area contributed by atoms with E-state index in [1.807, 2.05) is 30.3 Å². The number of nitrogens with zero attached hydrogens (tertiary/aromatic N) is 2. The van der Waals surface area contributed by atoms with Gasteiger partial charge in [0.1, 0.15) is 12.6 Å². The molecule has 1 atom stereocenters. The minimum atomic E-state index is -4.05. The van der Waals surface area contributed by atoms with E-state index in [4.69, 9.17) is 58.0 Å². The number of amides is 2. The summed E-state index contributed by atoms with van der Waals surface area (Å²) >= 11 is 31.1. The molecule has 1 N–H and O–H groups in total. The smallest absolute Gasteiger partial charge is 0.244 e. The zero-order valence-electron chi connectivity index (χ0n) is 23.2. The number of carbonyl (C=O) groups excluding carboxylic acids is 2. The molecule has 1 saturated carbocycles. The molecular weight excluding hydrogens is 676 g/mol. The first kappa shape index (κ1) is 33.7. The number of halogens is 5. The molecule has 0 radical (unpaired) electrons. The van der Waals surface area contributed by atoms with Crippen molar-refractivity contribution in [3.8, 4) is 0 Å². The SMILES string of the molecule is CS(=O)(=O)N(CC(=O)N(Cc1ccc(Cl)c(Cl)c1)C(Cc1ccccc1)C(=O)NC1CCCC1)c1cc(Cl)c(Cl)cc1Cl. The third kappa shape index (κ3) is 8.93. The summed E-state index contributed by atoms with van der Waals surface area (Å²) in [7, 11) is -4.05. The number of sulfonamides is 1. The number of carbonyl (C=O) groups is 2. The van der Waals surface area contributed by atoms with Gasteiger partial charge in [-0.05, 0) is 48.2 Å². The highest BCUT2D eigenvalue weighted by atomic mass is 35.5. The standard InChI is InChI=1S/C30H30Cl5N3O4S/c1-43(41,42)38(27-16-25(34)24(33)15-26(27)35)18-29(39)37(17-20-11-12-22(31)23(32)13-20)28(14-19-7-3-2-4-8-19)30(40)36-21-9-5-6-10-21/h2-4,7-8,11-13,15-16,21,28H,5-6,9-10,14,17-18H2,1H3,(H,36,40). The van der Waals surface area contributed by atoms with Gasteiger partial charge in [0.05, 0.1) is 37.1 Å². The van der Waals surface area contributed by atoms with E-state index in [0.29, 0.717) is 10.6 Å². The van der Waals surface area contributed by atoms with Gasteiger partial charge in [-0.1, -0.05) is 107 Å². The fourth-order valence-electron chi connectivity index (χ4n) is 5.05. The average molecular weight is 706 g/mol. The van der Waals surface area contributed by atoms with Crippen LogP contribution in [0.1, 0.15) is 36.8 Å². The first-order valence-electron chi connectivity index (χ1n) is 13.5. The minimum absolute atomic E-state index is 0.00441. The summed E-state index contributed by atoms with van der Waals surface area (Å²) in [6, 6.07) is 15.8. The van der Waals surface area contributed by atoms with Crippen molar-refractivity contribution in [1.29, 1.82) is 0 Å². The van der Waals surface area contributed by atoms with Crippen molar-refractivity contribution in [2.45, 2.75) is 50.7 Å². The van der Waals surface area contributed by atoms with Gasteiger partial charge < -0.3 is 10.2 Å². The Bertz CT molecular complexity index is 1580. The molecule has 0 aliphatic heterocycles. The highest BCUT2D eigenvalue weighted by Gasteiger charge is 2.35. The van der Waals surface area contributed by atoms with Crippen molar-refractivity contribution in [3.05, 3.63) is 96.9 Å². The number of rotatable bonds is 11. The lowest BCUT2D eigenvalue weighted by Crippen LogP contribution is -2.54. The van der Waals surface area contributed by atoms with Crippen LogP contribution in [-0.2, 0) is 32.6 Å². The largest absolute Gasteiger partial charge is 0.352 e. The molecule has 13 heteroatoms. The lowest BCUT2D eigenvalue weighted by Gasteiger charge is -2.34. The van der Waals surface area contributed by atoms with Crippen LogP contribution in [0.2, 0.25) is 25.1 Å². The van der Waals surface area contributed by atoms with Crippen LogP contribution in [0, 0.1) is 0 Å². The fraction of sp³-hybridized carbons (Fsp3) is 0.333. The normalized spacial score (nSPS) is 14.4. The molecule has 4 rings (SSSR count). The lowest BCUT2D eigenvalue weighted by molar-refractivity contribution is -0.140. The Morgan fingerprint density at radius 2 is 1.47 bits per heavy atom.